The van der Waals surface area contributed by atoms with Crippen molar-refractivity contribution in [3.8, 4) is 0 Å². The molecule has 0 aromatic heterocycles. The number of hydrogen-bond acceptors (Lipinski definition) is 3. The van der Waals surface area contributed by atoms with E-state index < -0.39 is 11.9 Å². The Balaban J connectivity index is 1.88. The zero-order valence-corrected chi connectivity index (χ0v) is 13.3. The number of aromatic carboxylic acids is 1. The Morgan fingerprint density at radius 3 is 2.36 bits per heavy atom. The largest absolute Gasteiger partial charge is 0.478 e. The van der Waals surface area contributed by atoms with Gasteiger partial charge in [0.05, 0.1) is 11.1 Å². The second-order valence-corrected chi connectivity index (χ2v) is 7.55. The molecule has 0 amide bonds. The summed E-state index contributed by atoms with van der Waals surface area (Å²) in [6.07, 6.45) is 3.18. The molecule has 0 unspecified atom stereocenters. The Hall–Kier alpha value is -1.84. The third-order valence-corrected chi connectivity index (χ3v) is 5.74. The topological polar surface area (TPSA) is 63.6 Å². The zero-order valence-electron chi connectivity index (χ0n) is 13.3. The van der Waals surface area contributed by atoms with Crippen molar-refractivity contribution in [1.29, 1.82) is 0 Å². The molecular weight excluding hydrogens is 280 g/mol. The van der Waals surface area contributed by atoms with Crippen LogP contribution in [0.4, 0.5) is 0 Å². The number of carbonyl (C=O) groups excluding carboxylic acids is 1. The quantitative estimate of drug-likeness (QED) is 0.864. The van der Waals surface area contributed by atoms with E-state index in [1.807, 2.05) is 0 Å². The predicted molar refractivity (Wildman–Crippen MR) is 81.8 cm³/mol. The Morgan fingerprint density at radius 1 is 1.18 bits per heavy atom. The van der Waals surface area contributed by atoms with Crippen LogP contribution in [0.15, 0.2) is 24.3 Å². The van der Waals surface area contributed by atoms with Gasteiger partial charge in [-0.1, -0.05) is 32.9 Å². The number of hydrogen-bond donors (Lipinski definition) is 1. The molecule has 2 fully saturated rings. The van der Waals surface area contributed by atoms with E-state index in [0.717, 1.165) is 12.8 Å². The second kappa shape index (κ2) is 4.83. The molecule has 2 bridgehead atoms. The maximum Gasteiger partial charge on any atom is 0.339 e. The fourth-order valence-corrected chi connectivity index (χ4v) is 4.57. The molecule has 0 heterocycles. The minimum atomic E-state index is -1.11. The molecular formula is C18H22O4. The van der Waals surface area contributed by atoms with Crippen LogP contribution in [0.25, 0.3) is 0 Å². The van der Waals surface area contributed by atoms with Crippen molar-refractivity contribution in [3.63, 3.8) is 0 Å². The average Bonchev–Trinajstić information content (AvgIpc) is 2.94. The van der Waals surface area contributed by atoms with E-state index in [-0.39, 0.29) is 28.1 Å². The van der Waals surface area contributed by atoms with Gasteiger partial charge in [0.25, 0.3) is 0 Å². The van der Waals surface area contributed by atoms with Gasteiger partial charge in [-0.05, 0) is 37.3 Å². The van der Waals surface area contributed by atoms with Crippen molar-refractivity contribution in [3.05, 3.63) is 35.4 Å². The molecule has 2 aliphatic rings. The molecule has 3 rings (SSSR count). The van der Waals surface area contributed by atoms with Crippen LogP contribution in [0.2, 0.25) is 0 Å². The average molecular weight is 302 g/mol. The highest BCUT2D eigenvalue weighted by Gasteiger charge is 2.61. The van der Waals surface area contributed by atoms with Crippen LogP contribution >= 0.6 is 0 Å². The highest BCUT2D eigenvalue weighted by atomic mass is 16.5. The van der Waals surface area contributed by atoms with Gasteiger partial charge < -0.3 is 9.84 Å². The molecule has 2 saturated carbocycles. The molecule has 1 aromatic carbocycles. The lowest BCUT2D eigenvalue weighted by molar-refractivity contribution is -0.0585. The Morgan fingerprint density at radius 2 is 1.82 bits per heavy atom. The summed E-state index contributed by atoms with van der Waals surface area (Å²) < 4.78 is 5.84. The van der Waals surface area contributed by atoms with E-state index >= 15 is 0 Å². The number of carboxylic acids is 1. The van der Waals surface area contributed by atoms with E-state index in [1.54, 1.807) is 12.1 Å². The van der Waals surface area contributed by atoms with Gasteiger partial charge in [0.1, 0.15) is 6.10 Å². The molecule has 1 N–H and O–H groups in total. The zero-order chi connectivity index (χ0) is 16.1. The van der Waals surface area contributed by atoms with Gasteiger partial charge in [-0.15, -0.1) is 0 Å². The third-order valence-electron chi connectivity index (χ3n) is 5.74. The van der Waals surface area contributed by atoms with Crippen molar-refractivity contribution in [2.24, 2.45) is 16.7 Å². The normalized spacial score (nSPS) is 32.0. The number of fused-ring (bicyclic) bond motifs is 2. The summed E-state index contributed by atoms with van der Waals surface area (Å²) in [6.45, 7) is 6.50. The van der Waals surface area contributed by atoms with Crippen LogP contribution in [0.5, 0.6) is 0 Å². The van der Waals surface area contributed by atoms with Gasteiger partial charge in [0, 0.05) is 10.8 Å². The standard InChI is InChI=1S/C18H22O4/c1-17(2)11-8-9-18(3,10-11)16(17)22-15(21)13-7-5-4-6-12(13)14(19)20/h4-7,11,16H,8-10H2,1-3H3,(H,19,20)/t11-,16+,18+/m0/s1. The van der Waals surface area contributed by atoms with E-state index in [0.29, 0.717) is 5.92 Å². The molecule has 0 radical (unpaired) electrons. The van der Waals surface area contributed by atoms with Crippen molar-refractivity contribution < 1.29 is 19.4 Å². The lowest BCUT2D eigenvalue weighted by Gasteiger charge is -2.41. The molecule has 1 aromatic rings. The first-order valence-corrected chi connectivity index (χ1v) is 7.79. The SMILES string of the molecule is CC1(C)[C@H]2CC[C@](C)(C2)[C@@H]1OC(=O)c1ccccc1C(=O)O. The predicted octanol–water partition coefficient (Wildman–Crippen LogP) is 3.76. The van der Waals surface area contributed by atoms with E-state index in [1.165, 1.54) is 18.6 Å². The number of carboxylic acid groups (broad SMARTS) is 1. The molecule has 22 heavy (non-hydrogen) atoms. The summed E-state index contributed by atoms with van der Waals surface area (Å²) in [6, 6.07) is 6.24. The van der Waals surface area contributed by atoms with E-state index in [4.69, 9.17) is 4.74 Å². The molecule has 2 aliphatic carbocycles. The van der Waals surface area contributed by atoms with Gasteiger partial charge in [-0.3, -0.25) is 0 Å². The lowest BCUT2D eigenvalue weighted by Crippen LogP contribution is -2.43. The van der Waals surface area contributed by atoms with Gasteiger partial charge in [0.2, 0.25) is 0 Å². The van der Waals surface area contributed by atoms with Gasteiger partial charge in [0.15, 0.2) is 0 Å². The Bertz CT molecular complexity index is 629. The van der Waals surface area contributed by atoms with Gasteiger partial charge >= 0.3 is 11.9 Å². The molecule has 0 aliphatic heterocycles. The van der Waals surface area contributed by atoms with Crippen molar-refractivity contribution in [2.75, 3.05) is 0 Å². The summed E-state index contributed by atoms with van der Waals surface area (Å²) in [5.41, 5.74) is 0.0961. The van der Waals surface area contributed by atoms with Crippen LogP contribution < -0.4 is 0 Å². The number of rotatable bonds is 3. The summed E-state index contributed by atoms with van der Waals surface area (Å²) in [7, 11) is 0. The maximum atomic E-state index is 12.5. The minimum absolute atomic E-state index is 0.00128. The molecule has 3 atom stereocenters. The third kappa shape index (κ3) is 2.13. The van der Waals surface area contributed by atoms with Crippen molar-refractivity contribution in [1.82, 2.24) is 0 Å². The van der Waals surface area contributed by atoms with Crippen LogP contribution in [0.3, 0.4) is 0 Å². The first-order valence-electron chi connectivity index (χ1n) is 7.79. The van der Waals surface area contributed by atoms with Gasteiger partial charge in [-0.25, -0.2) is 9.59 Å². The Kier molecular flexibility index (Phi) is 3.31. The summed E-state index contributed by atoms with van der Waals surface area (Å²) in [5, 5.41) is 9.23. The fourth-order valence-electron chi connectivity index (χ4n) is 4.57. The van der Waals surface area contributed by atoms with Crippen LogP contribution in [-0.2, 0) is 4.74 Å². The number of ether oxygens (including phenoxy) is 1. The smallest absolute Gasteiger partial charge is 0.339 e. The van der Waals surface area contributed by atoms with E-state index in [2.05, 4.69) is 20.8 Å². The highest BCUT2D eigenvalue weighted by Crippen LogP contribution is 2.63. The maximum absolute atomic E-state index is 12.5. The second-order valence-electron chi connectivity index (χ2n) is 7.55. The lowest BCUT2D eigenvalue weighted by atomic mass is 9.70. The number of esters is 1. The minimum Gasteiger partial charge on any atom is -0.478 e. The molecule has 0 spiro atoms. The summed E-state index contributed by atoms with van der Waals surface area (Å²) >= 11 is 0. The summed E-state index contributed by atoms with van der Waals surface area (Å²) in [5.74, 6) is -1.05. The molecule has 118 valence electrons. The molecule has 4 nitrogen and oxygen atoms in total. The van der Waals surface area contributed by atoms with Crippen LogP contribution in [-0.4, -0.2) is 23.1 Å². The van der Waals surface area contributed by atoms with Crippen LogP contribution in [0.1, 0.15) is 60.7 Å². The van der Waals surface area contributed by atoms with Crippen molar-refractivity contribution >= 4 is 11.9 Å². The molecule has 4 heteroatoms. The first kappa shape index (κ1) is 15.1. The summed E-state index contributed by atoms with van der Waals surface area (Å²) in [4.78, 5) is 23.8. The highest BCUT2D eigenvalue weighted by molar-refractivity contribution is 6.02. The first-order chi connectivity index (χ1) is 10.3. The monoisotopic (exact) mass is 302 g/mol. The van der Waals surface area contributed by atoms with E-state index in [9.17, 15) is 14.7 Å². The Labute approximate surface area is 130 Å². The van der Waals surface area contributed by atoms with Gasteiger partial charge in [-0.2, -0.15) is 0 Å². The number of carbonyl (C=O) groups is 2. The fraction of sp³-hybridized carbons (Fsp3) is 0.556. The number of benzene rings is 1. The van der Waals surface area contributed by atoms with Crippen molar-refractivity contribution in [2.45, 2.75) is 46.1 Å². The molecule has 0 saturated heterocycles. The van der Waals surface area contributed by atoms with Crippen LogP contribution in [0, 0.1) is 16.7 Å².